The van der Waals surface area contributed by atoms with Gasteiger partial charge in [-0.25, -0.2) is 0 Å². The topological polar surface area (TPSA) is 29.1 Å². The molecule has 1 amide bonds. The maximum Gasteiger partial charge on any atom is 0.220 e. The monoisotopic (exact) mass is 377 g/mol. The van der Waals surface area contributed by atoms with Crippen LogP contribution in [0.1, 0.15) is 50.5 Å². The minimum atomic E-state index is 0.224. The van der Waals surface area contributed by atoms with Crippen molar-refractivity contribution in [1.82, 2.24) is 5.32 Å². The molecule has 2 aromatic carbocycles. The van der Waals surface area contributed by atoms with Gasteiger partial charge in [-0.15, -0.1) is 11.3 Å². The molecule has 1 N–H and O–H groups in total. The molecule has 1 aliphatic carbocycles. The molecule has 0 bridgehead atoms. The Balaban J connectivity index is 1.40. The van der Waals surface area contributed by atoms with Gasteiger partial charge in [0, 0.05) is 17.3 Å². The predicted molar refractivity (Wildman–Crippen MR) is 115 cm³/mol. The molecule has 0 aliphatic heterocycles. The van der Waals surface area contributed by atoms with Crippen LogP contribution in [0.15, 0.2) is 53.9 Å². The van der Waals surface area contributed by atoms with E-state index in [1.54, 1.807) is 11.3 Å². The first-order chi connectivity index (χ1) is 13.3. The summed E-state index contributed by atoms with van der Waals surface area (Å²) in [6.45, 7) is 0. The maximum absolute atomic E-state index is 12.3. The molecule has 0 atom stereocenters. The third kappa shape index (κ3) is 4.59. The Labute approximate surface area is 165 Å². The number of thiophene rings is 1. The van der Waals surface area contributed by atoms with Crippen LogP contribution < -0.4 is 5.32 Å². The molecule has 0 saturated heterocycles. The highest BCUT2D eigenvalue weighted by atomic mass is 32.1. The number of nitrogens with one attached hydrogen (secondary N) is 1. The molecule has 1 aliphatic rings. The number of amides is 1. The first-order valence-corrected chi connectivity index (χ1v) is 11.0. The van der Waals surface area contributed by atoms with E-state index in [4.69, 9.17) is 0 Å². The van der Waals surface area contributed by atoms with Crippen LogP contribution in [-0.4, -0.2) is 11.9 Å². The molecule has 140 valence electrons. The summed E-state index contributed by atoms with van der Waals surface area (Å²) in [4.78, 5) is 13.6. The zero-order valence-electron chi connectivity index (χ0n) is 15.7. The van der Waals surface area contributed by atoms with Crippen LogP contribution in [0.2, 0.25) is 0 Å². The molecule has 4 rings (SSSR count). The average Bonchev–Trinajstić information content (AvgIpc) is 3.23. The number of rotatable bonds is 6. The molecule has 2 nitrogen and oxygen atoms in total. The summed E-state index contributed by atoms with van der Waals surface area (Å²) < 4.78 is 0. The van der Waals surface area contributed by atoms with Crippen LogP contribution in [-0.2, 0) is 11.2 Å². The van der Waals surface area contributed by atoms with Crippen molar-refractivity contribution >= 4 is 28.0 Å². The Bertz CT molecular complexity index is 894. The van der Waals surface area contributed by atoms with Crippen LogP contribution in [0.25, 0.3) is 21.2 Å². The minimum Gasteiger partial charge on any atom is -0.353 e. The number of aryl methyl sites for hydroxylation is 1. The van der Waals surface area contributed by atoms with Gasteiger partial charge in [0.05, 0.1) is 0 Å². The van der Waals surface area contributed by atoms with E-state index < -0.39 is 0 Å². The summed E-state index contributed by atoms with van der Waals surface area (Å²) in [6, 6.07) is 17.9. The van der Waals surface area contributed by atoms with Gasteiger partial charge in [0.15, 0.2) is 0 Å². The smallest absolute Gasteiger partial charge is 0.220 e. The lowest BCUT2D eigenvalue weighted by Gasteiger charge is -2.22. The summed E-state index contributed by atoms with van der Waals surface area (Å²) in [5.41, 5.74) is 2.62. The Hall–Kier alpha value is -2.13. The van der Waals surface area contributed by atoms with Crippen LogP contribution in [0.5, 0.6) is 0 Å². The van der Waals surface area contributed by atoms with E-state index in [9.17, 15) is 4.79 Å². The fourth-order valence-corrected chi connectivity index (χ4v) is 4.86. The van der Waals surface area contributed by atoms with Crippen LogP contribution in [0.3, 0.4) is 0 Å². The Morgan fingerprint density at radius 2 is 1.93 bits per heavy atom. The summed E-state index contributed by atoms with van der Waals surface area (Å²) >= 11 is 1.78. The predicted octanol–water partition coefficient (Wildman–Crippen LogP) is 6.34. The maximum atomic E-state index is 12.3. The zero-order chi connectivity index (χ0) is 18.5. The number of carbonyl (C=O) groups excluding carboxylic acids is 1. The molecule has 1 aromatic heterocycles. The van der Waals surface area contributed by atoms with E-state index in [1.165, 1.54) is 46.0 Å². The van der Waals surface area contributed by atoms with Gasteiger partial charge >= 0.3 is 0 Å². The molecule has 1 heterocycles. The highest BCUT2D eigenvalue weighted by Crippen LogP contribution is 2.30. The van der Waals surface area contributed by atoms with Gasteiger partial charge in [0.1, 0.15) is 0 Å². The van der Waals surface area contributed by atoms with E-state index in [1.807, 2.05) is 0 Å². The molecule has 3 aromatic rings. The van der Waals surface area contributed by atoms with E-state index in [-0.39, 0.29) is 5.91 Å². The van der Waals surface area contributed by atoms with E-state index in [2.05, 4.69) is 59.2 Å². The normalized spacial score (nSPS) is 15.1. The van der Waals surface area contributed by atoms with E-state index in [0.717, 1.165) is 25.7 Å². The minimum absolute atomic E-state index is 0.224. The third-order valence-corrected chi connectivity index (χ3v) is 6.52. The quantitative estimate of drug-likeness (QED) is 0.533. The van der Waals surface area contributed by atoms with Gasteiger partial charge in [0.25, 0.3) is 0 Å². The lowest BCUT2D eigenvalue weighted by Crippen LogP contribution is -2.36. The fraction of sp³-hybridized carbons (Fsp3) is 0.375. The van der Waals surface area contributed by atoms with Gasteiger partial charge in [-0.2, -0.15) is 0 Å². The van der Waals surface area contributed by atoms with Crippen molar-refractivity contribution in [2.24, 2.45) is 0 Å². The molecule has 3 heteroatoms. The van der Waals surface area contributed by atoms with Gasteiger partial charge in [-0.3, -0.25) is 4.79 Å². The Morgan fingerprint density at radius 3 is 2.74 bits per heavy atom. The molecular weight excluding hydrogens is 350 g/mol. The van der Waals surface area contributed by atoms with Gasteiger partial charge in [-0.05, 0) is 65.1 Å². The number of fused-ring (bicyclic) bond motifs is 1. The van der Waals surface area contributed by atoms with E-state index in [0.29, 0.717) is 12.5 Å². The number of benzene rings is 2. The van der Waals surface area contributed by atoms with Crippen molar-refractivity contribution in [2.45, 2.75) is 57.4 Å². The first kappa shape index (κ1) is 18.2. The lowest BCUT2D eigenvalue weighted by molar-refractivity contribution is -0.122. The Kier molecular flexibility index (Phi) is 5.88. The first-order valence-electron chi connectivity index (χ1n) is 10.1. The second-order valence-electron chi connectivity index (χ2n) is 7.59. The summed E-state index contributed by atoms with van der Waals surface area (Å²) in [5.74, 6) is 0.224. The van der Waals surface area contributed by atoms with Crippen molar-refractivity contribution in [2.75, 3.05) is 0 Å². The van der Waals surface area contributed by atoms with Crippen molar-refractivity contribution in [1.29, 1.82) is 0 Å². The number of hydrogen-bond donors (Lipinski definition) is 1. The third-order valence-electron chi connectivity index (χ3n) is 5.60. The number of carbonyl (C=O) groups is 1. The van der Waals surface area contributed by atoms with Gasteiger partial charge in [0.2, 0.25) is 5.91 Å². The molecule has 0 unspecified atom stereocenters. The second kappa shape index (κ2) is 8.71. The Morgan fingerprint density at radius 1 is 1.04 bits per heavy atom. The van der Waals surface area contributed by atoms with Crippen LogP contribution in [0, 0.1) is 0 Å². The molecular formula is C24H27NOS. The van der Waals surface area contributed by atoms with Crippen molar-refractivity contribution < 1.29 is 4.79 Å². The summed E-state index contributed by atoms with van der Waals surface area (Å²) in [6.07, 6.45) is 8.62. The van der Waals surface area contributed by atoms with Crippen molar-refractivity contribution in [3.05, 3.63) is 59.5 Å². The van der Waals surface area contributed by atoms with Crippen molar-refractivity contribution in [3.8, 4) is 10.4 Å². The largest absolute Gasteiger partial charge is 0.353 e. The average molecular weight is 378 g/mol. The van der Waals surface area contributed by atoms with Gasteiger partial charge < -0.3 is 5.32 Å². The van der Waals surface area contributed by atoms with Crippen LogP contribution in [0.4, 0.5) is 0 Å². The van der Waals surface area contributed by atoms with E-state index >= 15 is 0 Å². The molecule has 0 radical (unpaired) electrons. The molecule has 1 saturated carbocycles. The summed E-state index contributed by atoms with van der Waals surface area (Å²) in [5, 5.41) is 7.95. The fourth-order valence-electron chi connectivity index (χ4n) is 4.14. The standard InChI is InChI=1S/C24H27NOS/c26-24(25-21-10-2-1-3-11-21)13-5-9-18-7-4-8-19-14-15-20(17-22(18)19)23-12-6-16-27-23/h4,6-8,12,14-17,21H,1-3,5,9-11,13H2,(H,25,26). The summed E-state index contributed by atoms with van der Waals surface area (Å²) in [7, 11) is 0. The SMILES string of the molecule is O=C(CCCc1cccc2ccc(-c3cccs3)cc12)NC1CCCCC1. The second-order valence-corrected chi connectivity index (χ2v) is 8.53. The van der Waals surface area contributed by atoms with Crippen LogP contribution >= 0.6 is 11.3 Å². The molecule has 0 spiro atoms. The lowest BCUT2D eigenvalue weighted by atomic mass is 9.95. The number of hydrogen-bond acceptors (Lipinski definition) is 2. The zero-order valence-corrected chi connectivity index (χ0v) is 16.6. The highest BCUT2D eigenvalue weighted by molar-refractivity contribution is 7.13. The molecule has 1 fully saturated rings. The highest BCUT2D eigenvalue weighted by Gasteiger charge is 2.15. The van der Waals surface area contributed by atoms with Crippen molar-refractivity contribution in [3.63, 3.8) is 0 Å². The molecule has 27 heavy (non-hydrogen) atoms. The van der Waals surface area contributed by atoms with Gasteiger partial charge in [-0.1, -0.05) is 55.7 Å².